The normalized spacial score (nSPS) is 15.4. The zero-order valence-corrected chi connectivity index (χ0v) is 9.42. The molecule has 0 nitrogen and oxygen atoms in total. The van der Waals surface area contributed by atoms with Gasteiger partial charge in [0.1, 0.15) is 0 Å². The quantitative estimate of drug-likeness (QED) is 0.343. The van der Waals surface area contributed by atoms with E-state index in [1.807, 2.05) is 0 Å². The molecule has 0 aliphatic rings. The summed E-state index contributed by atoms with van der Waals surface area (Å²) in [5.74, 6) is 0. The van der Waals surface area contributed by atoms with Crippen LogP contribution in [0.15, 0.2) is 0 Å². The molecule has 0 rings (SSSR count). The number of alkyl halides is 1. The summed E-state index contributed by atoms with van der Waals surface area (Å²) >= 11 is 16.6. The van der Waals surface area contributed by atoms with Gasteiger partial charge in [0.05, 0.1) is 0 Å². The minimum absolute atomic E-state index is 0.284. The van der Waals surface area contributed by atoms with Crippen molar-refractivity contribution in [3.05, 3.63) is 0 Å². The Morgan fingerprint density at radius 3 is 2.00 bits per heavy atom. The number of hydrogen-bond acceptors (Lipinski definition) is 0. The van der Waals surface area contributed by atoms with Crippen molar-refractivity contribution in [2.24, 2.45) is 0 Å². The van der Waals surface area contributed by atoms with Crippen molar-refractivity contribution >= 4 is 51.4 Å². The topological polar surface area (TPSA) is 0 Å². The van der Waals surface area contributed by atoms with Crippen LogP contribution in [0.5, 0.6) is 0 Å². The Kier molecular flexibility index (Phi) is 4.99. The number of rotatable bonds is 2. The third kappa shape index (κ3) is 7.30. The predicted molar refractivity (Wildman–Crippen MR) is 43.2 cm³/mol. The van der Waals surface area contributed by atoms with Crippen molar-refractivity contribution < 1.29 is 0 Å². The third-order valence-corrected chi connectivity index (χ3v) is 4.53. The third-order valence-electron chi connectivity index (χ3n) is 0.503. The SMILES string of the molecule is [SiH3]C(Cl)C[SiH](Cl)Cl. The summed E-state index contributed by atoms with van der Waals surface area (Å²) in [5, 5.41) is 0.284. The van der Waals surface area contributed by atoms with Crippen LogP contribution in [0, 0.1) is 0 Å². The van der Waals surface area contributed by atoms with E-state index in [4.69, 9.17) is 33.8 Å². The molecule has 0 saturated heterocycles. The van der Waals surface area contributed by atoms with Crippen LogP contribution >= 0.6 is 33.8 Å². The largest absolute Gasteiger partial charge is 0.238 e. The molecule has 0 aliphatic heterocycles. The lowest BCUT2D eigenvalue weighted by Gasteiger charge is -1.97. The summed E-state index contributed by atoms with van der Waals surface area (Å²) < 4.78 is 0. The molecule has 44 valence electrons. The maximum Gasteiger partial charge on any atom is 0.238 e. The lowest BCUT2D eigenvalue weighted by molar-refractivity contribution is 1.36. The van der Waals surface area contributed by atoms with E-state index in [1.54, 1.807) is 0 Å². The van der Waals surface area contributed by atoms with E-state index < -0.39 is 7.42 Å². The van der Waals surface area contributed by atoms with Crippen molar-refractivity contribution in [3.8, 4) is 0 Å². The molecule has 0 spiro atoms. The molecule has 0 fully saturated rings. The molecule has 0 aromatic heterocycles. The van der Waals surface area contributed by atoms with Gasteiger partial charge in [0.2, 0.25) is 7.42 Å². The molecule has 0 aromatic rings. The summed E-state index contributed by atoms with van der Waals surface area (Å²) in [7, 11) is -0.383. The second-order valence-corrected chi connectivity index (χ2v) is 9.36. The van der Waals surface area contributed by atoms with Crippen molar-refractivity contribution in [1.82, 2.24) is 0 Å². The van der Waals surface area contributed by atoms with Gasteiger partial charge in [-0.1, -0.05) is 0 Å². The molecule has 7 heavy (non-hydrogen) atoms. The van der Waals surface area contributed by atoms with Crippen LogP contribution in [-0.4, -0.2) is 22.7 Å². The summed E-state index contributed by atoms with van der Waals surface area (Å²) in [6.07, 6.45) is 0. The van der Waals surface area contributed by atoms with Crippen molar-refractivity contribution in [2.45, 2.75) is 11.0 Å². The smallest absolute Gasteiger partial charge is 0.150 e. The predicted octanol–water partition coefficient (Wildman–Crippen LogP) is 0.615. The molecular formula is C2H7Cl3Si2. The van der Waals surface area contributed by atoms with Gasteiger partial charge in [0.25, 0.3) is 0 Å². The zero-order chi connectivity index (χ0) is 5.86. The highest BCUT2D eigenvalue weighted by atomic mass is 35.7. The molecule has 0 aromatic carbocycles. The van der Waals surface area contributed by atoms with Crippen LogP contribution in [0.1, 0.15) is 0 Å². The van der Waals surface area contributed by atoms with Gasteiger partial charge < -0.3 is 0 Å². The summed E-state index contributed by atoms with van der Waals surface area (Å²) in [5.41, 5.74) is 0. The Morgan fingerprint density at radius 2 is 2.00 bits per heavy atom. The highest BCUT2D eigenvalue weighted by Gasteiger charge is 2.04. The van der Waals surface area contributed by atoms with Crippen molar-refractivity contribution in [3.63, 3.8) is 0 Å². The van der Waals surface area contributed by atoms with Crippen molar-refractivity contribution in [2.75, 3.05) is 0 Å². The van der Waals surface area contributed by atoms with Gasteiger partial charge in [-0.25, -0.2) is 0 Å². The van der Waals surface area contributed by atoms with Gasteiger partial charge in [-0.3, -0.25) is 0 Å². The summed E-state index contributed by atoms with van der Waals surface area (Å²) in [6.45, 7) is 0. The van der Waals surface area contributed by atoms with Gasteiger partial charge in [-0.05, 0) is 6.04 Å². The van der Waals surface area contributed by atoms with Gasteiger partial charge in [-0.15, -0.1) is 11.6 Å². The van der Waals surface area contributed by atoms with Crippen LogP contribution < -0.4 is 0 Å². The van der Waals surface area contributed by atoms with E-state index in [9.17, 15) is 0 Å². The first-order valence-electron chi connectivity index (χ1n) is 2.05. The molecule has 0 aliphatic carbocycles. The average Bonchev–Trinajstić information content (AvgIpc) is 1.27. The maximum absolute atomic E-state index is 5.60. The van der Waals surface area contributed by atoms with Crippen LogP contribution in [0.4, 0.5) is 0 Å². The second-order valence-electron chi connectivity index (χ2n) is 1.41. The molecule has 0 amide bonds. The van der Waals surface area contributed by atoms with Crippen molar-refractivity contribution in [1.29, 1.82) is 0 Å². The summed E-state index contributed by atoms with van der Waals surface area (Å²) in [6, 6.07) is 0.858. The van der Waals surface area contributed by atoms with Gasteiger partial charge in [0.15, 0.2) is 0 Å². The molecule has 0 radical (unpaired) electrons. The van der Waals surface area contributed by atoms with Gasteiger partial charge >= 0.3 is 0 Å². The van der Waals surface area contributed by atoms with E-state index in [0.717, 1.165) is 16.3 Å². The minimum atomic E-state index is -1.38. The molecule has 1 unspecified atom stereocenters. The van der Waals surface area contributed by atoms with E-state index in [0.29, 0.717) is 0 Å². The van der Waals surface area contributed by atoms with E-state index in [2.05, 4.69) is 0 Å². The molecular weight excluding hydrogens is 187 g/mol. The standard InChI is InChI=1S/C2H7Cl3Si2/c3-2(6)1-7(4)5/h2,7H,1H2,6H3. The van der Waals surface area contributed by atoms with Gasteiger partial charge in [0, 0.05) is 15.2 Å². The number of halogens is 3. The first-order valence-corrected chi connectivity index (χ1v) is 7.95. The zero-order valence-electron chi connectivity index (χ0n) is 4.00. The lowest BCUT2D eigenvalue weighted by atomic mass is 10.9. The highest BCUT2D eigenvalue weighted by Crippen LogP contribution is 2.08. The van der Waals surface area contributed by atoms with Crippen LogP contribution in [0.25, 0.3) is 0 Å². The first-order chi connectivity index (χ1) is 3.13. The Hall–Kier alpha value is 1.30. The van der Waals surface area contributed by atoms with E-state index >= 15 is 0 Å². The maximum atomic E-state index is 5.60. The molecule has 0 heterocycles. The van der Waals surface area contributed by atoms with Crippen LogP contribution in [0.3, 0.4) is 0 Å². The van der Waals surface area contributed by atoms with E-state index in [-0.39, 0.29) is 5.00 Å². The molecule has 0 bridgehead atoms. The first kappa shape index (κ1) is 8.30. The Morgan fingerprint density at radius 1 is 1.57 bits per heavy atom. The molecule has 1 atom stereocenters. The van der Waals surface area contributed by atoms with E-state index in [1.165, 1.54) is 0 Å². The minimum Gasteiger partial charge on any atom is -0.150 e. The molecule has 0 saturated carbocycles. The fraction of sp³-hybridized carbons (Fsp3) is 1.00. The van der Waals surface area contributed by atoms with Crippen LogP contribution in [-0.2, 0) is 0 Å². The second kappa shape index (κ2) is 4.21. The highest BCUT2D eigenvalue weighted by molar-refractivity contribution is 7.34. The Balaban J connectivity index is 2.95. The lowest BCUT2D eigenvalue weighted by Crippen LogP contribution is -2.03. The summed E-state index contributed by atoms with van der Waals surface area (Å²) in [4.78, 5) is 0. The molecule has 0 N–H and O–H groups in total. The Bertz CT molecular complexity index is 40.2. The number of hydrogen-bond donors (Lipinski definition) is 0. The average molecular weight is 194 g/mol. The fourth-order valence-electron chi connectivity index (χ4n) is 0.246. The molecule has 5 heteroatoms. The fourth-order valence-corrected chi connectivity index (χ4v) is 6.63. The monoisotopic (exact) mass is 192 g/mol. The Labute approximate surface area is 62.6 Å². The van der Waals surface area contributed by atoms with Crippen LogP contribution in [0.2, 0.25) is 6.04 Å². The van der Waals surface area contributed by atoms with Gasteiger partial charge in [-0.2, -0.15) is 22.2 Å².